The first kappa shape index (κ1) is 12.0. The van der Waals surface area contributed by atoms with Gasteiger partial charge in [-0.3, -0.25) is 14.9 Å². The van der Waals surface area contributed by atoms with E-state index >= 15 is 0 Å². The van der Waals surface area contributed by atoms with Gasteiger partial charge in [0.05, 0.1) is 11.0 Å². The van der Waals surface area contributed by atoms with Gasteiger partial charge in [0, 0.05) is 18.6 Å². The monoisotopic (exact) mass is 231 g/mol. The smallest absolute Gasteiger partial charge is 0.302 e. The van der Waals surface area contributed by atoms with Crippen LogP contribution in [0, 0.1) is 21.7 Å². The molecule has 0 atom stereocenters. The molecule has 0 aliphatic rings. The third-order valence-corrected chi connectivity index (χ3v) is 1.73. The number of rotatable bonds is 3. The summed E-state index contributed by atoms with van der Waals surface area (Å²) >= 11 is 0. The number of halogens is 2. The average molecular weight is 231 g/mol. The number of ether oxygens (including phenoxy) is 1. The Kier molecular flexibility index (Phi) is 3.49. The summed E-state index contributed by atoms with van der Waals surface area (Å²) in [5, 5.41) is 10.4. The number of hydrogen-bond donors (Lipinski definition) is 0. The molecular formula is C9H7F2NO4. The summed E-state index contributed by atoms with van der Waals surface area (Å²) in [6.45, 7) is 0.547. The molecule has 0 saturated heterocycles. The van der Waals surface area contributed by atoms with Crippen molar-refractivity contribution in [1.29, 1.82) is 0 Å². The number of non-ortho nitro benzene ring substituents is 1. The van der Waals surface area contributed by atoms with Crippen LogP contribution < -0.4 is 0 Å². The molecular weight excluding hydrogens is 224 g/mol. The molecule has 86 valence electrons. The van der Waals surface area contributed by atoms with Crippen LogP contribution in [0.5, 0.6) is 0 Å². The van der Waals surface area contributed by atoms with E-state index in [9.17, 15) is 23.7 Å². The Hall–Kier alpha value is -2.05. The Bertz CT molecular complexity index is 447. The molecule has 0 aliphatic carbocycles. The molecule has 0 spiro atoms. The third-order valence-electron chi connectivity index (χ3n) is 1.73. The molecule has 1 aromatic carbocycles. The minimum absolute atomic E-state index is 0.373. The summed E-state index contributed by atoms with van der Waals surface area (Å²) in [5.41, 5.74) is -0.969. The summed E-state index contributed by atoms with van der Waals surface area (Å²) in [7, 11) is 0. The van der Waals surface area contributed by atoms with E-state index in [1.165, 1.54) is 0 Å². The number of nitro groups is 1. The van der Waals surface area contributed by atoms with Gasteiger partial charge < -0.3 is 4.74 Å². The second-order valence-corrected chi connectivity index (χ2v) is 2.94. The first-order valence-corrected chi connectivity index (χ1v) is 4.17. The lowest BCUT2D eigenvalue weighted by Gasteiger charge is -2.04. The predicted octanol–water partition coefficient (Wildman–Crippen LogP) is 1.94. The second kappa shape index (κ2) is 4.65. The van der Waals surface area contributed by atoms with E-state index in [1.54, 1.807) is 0 Å². The fourth-order valence-corrected chi connectivity index (χ4v) is 1.02. The maximum Gasteiger partial charge on any atom is 0.302 e. The Morgan fingerprint density at radius 1 is 1.50 bits per heavy atom. The van der Waals surface area contributed by atoms with E-state index in [4.69, 9.17) is 0 Å². The van der Waals surface area contributed by atoms with Crippen LogP contribution in [-0.2, 0) is 16.1 Å². The number of nitro benzene ring substituents is 1. The fourth-order valence-electron chi connectivity index (χ4n) is 1.02. The van der Waals surface area contributed by atoms with Gasteiger partial charge in [-0.2, -0.15) is 0 Å². The van der Waals surface area contributed by atoms with Gasteiger partial charge in [-0.25, -0.2) is 8.78 Å². The lowest BCUT2D eigenvalue weighted by Crippen LogP contribution is -2.03. The van der Waals surface area contributed by atoms with E-state index in [2.05, 4.69) is 4.74 Å². The van der Waals surface area contributed by atoms with Crippen molar-refractivity contribution >= 4 is 11.7 Å². The maximum atomic E-state index is 13.1. The Balaban J connectivity index is 3.06. The summed E-state index contributed by atoms with van der Waals surface area (Å²) < 4.78 is 30.4. The van der Waals surface area contributed by atoms with Crippen LogP contribution in [0.1, 0.15) is 12.5 Å². The van der Waals surface area contributed by atoms with Gasteiger partial charge in [0.25, 0.3) is 5.69 Å². The van der Waals surface area contributed by atoms with Crippen molar-refractivity contribution in [3.8, 4) is 0 Å². The predicted molar refractivity (Wildman–Crippen MR) is 48.5 cm³/mol. The topological polar surface area (TPSA) is 69.4 Å². The summed E-state index contributed by atoms with van der Waals surface area (Å²) in [5.74, 6) is -3.30. The van der Waals surface area contributed by atoms with Gasteiger partial charge in [0.1, 0.15) is 6.61 Å². The lowest BCUT2D eigenvalue weighted by atomic mass is 10.2. The first-order valence-electron chi connectivity index (χ1n) is 4.17. The average Bonchev–Trinajstić information content (AvgIpc) is 2.19. The molecule has 0 unspecified atom stereocenters. The van der Waals surface area contributed by atoms with E-state index in [1.807, 2.05) is 0 Å². The minimum atomic E-state index is -1.35. The van der Waals surface area contributed by atoms with Crippen molar-refractivity contribution in [3.05, 3.63) is 39.4 Å². The van der Waals surface area contributed by atoms with Crippen LogP contribution in [0.15, 0.2) is 12.1 Å². The highest BCUT2D eigenvalue weighted by Gasteiger charge is 2.17. The Labute approximate surface area is 88.8 Å². The van der Waals surface area contributed by atoms with E-state index in [-0.39, 0.29) is 5.56 Å². The molecule has 0 aliphatic heterocycles. The zero-order valence-corrected chi connectivity index (χ0v) is 8.20. The molecule has 0 saturated carbocycles. The van der Waals surface area contributed by atoms with E-state index in [0.717, 1.165) is 13.0 Å². The summed E-state index contributed by atoms with van der Waals surface area (Å²) in [4.78, 5) is 20.0. The molecule has 1 rings (SSSR count). The Morgan fingerprint density at radius 3 is 2.62 bits per heavy atom. The normalized spacial score (nSPS) is 9.94. The number of hydrogen-bond acceptors (Lipinski definition) is 4. The molecule has 0 fully saturated rings. The SMILES string of the molecule is CC(=O)OCc1cc([N+](=O)[O-])cc(F)c1F. The maximum absolute atomic E-state index is 13.1. The fraction of sp³-hybridized carbons (Fsp3) is 0.222. The molecule has 0 amide bonds. The van der Waals surface area contributed by atoms with Crippen molar-refractivity contribution < 1.29 is 23.2 Å². The third kappa shape index (κ3) is 2.72. The zero-order chi connectivity index (χ0) is 12.3. The van der Waals surface area contributed by atoms with Crippen molar-refractivity contribution in [1.82, 2.24) is 0 Å². The highest BCUT2D eigenvalue weighted by molar-refractivity contribution is 5.65. The van der Waals surface area contributed by atoms with Crippen LogP contribution in [0.2, 0.25) is 0 Å². The molecule has 1 aromatic rings. The van der Waals surface area contributed by atoms with Crippen LogP contribution in [-0.4, -0.2) is 10.9 Å². The molecule has 0 heterocycles. The van der Waals surface area contributed by atoms with Crippen molar-refractivity contribution in [2.45, 2.75) is 13.5 Å². The van der Waals surface area contributed by atoms with Crippen molar-refractivity contribution in [2.24, 2.45) is 0 Å². The van der Waals surface area contributed by atoms with Gasteiger partial charge in [0.15, 0.2) is 11.6 Å². The first-order chi connectivity index (χ1) is 7.41. The highest BCUT2D eigenvalue weighted by Crippen LogP contribution is 2.21. The molecule has 16 heavy (non-hydrogen) atoms. The number of esters is 1. The van der Waals surface area contributed by atoms with Gasteiger partial charge in [-0.15, -0.1) is 0 Å². The van der Waals surface area contributed by atoms with Gasteiger partial charge in [-0.05, 0) is 0 Å². The lowest BCUT2D eigenvalue weighted by molar-refractivity contribution is -0.385. The molecule has 0 N–H and O–H groups in total. The largest absolute Gasteiger partial charge is 0.461 e. The summed E-state index contributed by atoms with van der Waals surface area (Å²) in [6.07, 6.45) is 0. The van der Waals surface area contributed by atoms with E-state index in [0.29, 0.717) is 6.07 Å². The number of carbonyl (C=O) groups is 1. The molecule has 0 bridgehead atoms. The van der Waals surface area contributed by atoms with E-state index < -0.39 is 34.8 Å². The molecule has 5 nitrogen and oxygen atoms in total. The van der Waals surface area contributed by atoms with Crippen molar-refractivity contribution in [3.63, 3.8) is 0 Å². The van der Waals surface area contributed by atoms with Crippen LogP contribution >= 0.6 is 0 Å². The summed E-state index contributed by atoms with van der Waals surface area (Å²) in [6, 6.07) is 1.29. The highest BCUT2D eigenvalue weighted by atomic mass is 19.2. The number of carbonyl (C=O) groups excluding carboxylic acids is 1. The number of benzene rings is 1. The Morgan fingerprint density at radius 2 is 2.12 bits per heavy atom. The molecule has 0 aromatic heterocycles. The van der Waals surface area contributed by atoms with Crippen LogP contribution in [0.25, 0.3) is 0 Å². The molecule has 0 radical (unpaired) electrons. The van der Waals surface area contributed by atoms with Gasteiger partial charge in [0.2, 0.25) is 0 Å². The van der Waals surface area contributed by atoms with Gasteiger partial charge >= 0.3 is 5.97 Å². The van der Waals surface area contributed by atoms with Crippen molar-refractivity contribution in [2.75, 3.05) is 0 Å². The van der Waals surface area contributed by atoms with Crippen LogP contribution in [0.4, 0.5) is 14.5 Å². The van der Waals surface area contributed by atoms with Crippen LogP contribution in [0.3, 0.4) is 0 Å². The van der Waals surface area contributed by atoms with Gasteiger partial charge in [-0.1, -0.05) is 0 Å². The molecule has 7 heteroatoms. The minimum Gasteiger partial charge on any atom is -0.461 e. The zero-order valence-electron chi connectivity index (χ0n) is 8.20. The quantitative estimate of drug-likeness (QED) is 0.452. The standard InChI is InChI=1S/C9H7F2NO4/c1-5(13)16-4-6-2-7(12(14)15)3-8(10)9(6)11/h2-3H,4H2,1H3. The number of nitrogens with zero attached hydrogens (tertiary/aromatic N) is 1. The second-order valence-electron chi connectivity index (χ2n) is 2.94.